The molecule has 1 aliphatic heterocycles. The largest absolute Gasteiger partial charge is 0.384 e. The van der Waals surface area contributed by atoms with E-state index in [-0.39, 0.29) is 5.75 Å². The lowest BCUT2D eigenvalue weighted by atomic mass is 10.4. The number of aromatic nitrogens is 1. The topological polar surface area (TPSA) is 71.5 Å². The molecule has 1 aliphatic rings. The zero-order chi connectivity index (χ0) is 13.7. The normalized spacial score (nSPS) is 17.3. The molecule has 0 atom stereocenters. The maximum absolute atomic E-state index is 12.0. The number of nitrogens with zero attached hydrogens (tertiary/aromatic N) is 2. The van der Waals surface area contributed by atoms with Crippen LogP contribution in [0, 0.1) is 0 Å². The van der Waals surface area contributed by atoms with Gasteiger partial charge in [0, 0.05) is 31.5 Å². The predicted molar refractivity (Wildman–Crippen MR) is 73.9 cm³/mol. The first-order valence-corrected chi connectivity index (χ1v) is 7.98. The van der Waals surface area contributed by atoms with Crippen molar-refractivity contribution in [2.45, 2.75) is 0 Å². The Bertz CT molecular complexity index is 518. The monoisotopic (exact) mass is 305 g/mol. The first kappa shape index (κ1) is 14.5. The second kappa shape index (κ2) is 6.51. The van der Waals surface area contributed by atoms with Crippen molar-refractivity contribution in [2.75, 3.05) is 43.9 Å². The zero-order valence-corrected chi connectivity index (χ0v) is 12.0. The third-order valence-electron chi connectivity index (χ3n) is 2.78. The molecule has 1 aromatic rings. The van der Waals surface area contributed by atoms with Gasteiger partial charge in [-0.3, -0.25) is 0 Å². The first-order valence-electron chi connectivity index (χ1n) is 5.99. The summed E-state index contributed by atoms with van der Waals surface area (Å²) >= 11 is 5.74. The zero-order valence-electron chi connectivity index (χ0n) is 10.4. The van der Waals surface area contributed by atoms with Crippen molar-refractivity contribution in [1.82, 2.24) is 9.29 Å². The maximum Gasteiger partial charge on any atom is 0.215 e. The Balaban J connectivity index is 1.84. The van der Waals surface area contributed by atoms with E-state index in [1.807, 2.05) is 0 Å². The molecular weight excluding hydrogens is 290 g/mol. The van der Waals surface area contributed by atoms with E-state index in [0.717, 1.165) is 5.69 Å². The molecule has 0 unspecified atom stereocenters. The number of anilines is 1. The fourth-order valence-electron chi connectivity index (χ4n) is 1.79. The molecule has 1 aromatic heterocycles. The number of morpholine rings is 1. The standard InChI is InChI=1S/C11H16ClN3O3S/c12-11-9-10(1-2-14-11)13-3-8-19(16,17)15-4-6-18-7-5-15/h1-2,9H,3-8H2,(H,13,14). The summed E-state index contributed by atoms with van der Waals surface area (Å²) in [7, 11) is -3.22. The second-order valence-electron chi connectivity index (χ2n) is 4.12. The van der Waals surface area contributed by atoms with E-state index in [9.17, 15) is 8.42 Å². The van der Waals surface area contributed by atoms with Gasteiger partial charge in [-0.2, -0.15) is 4.31 Å². The number of sulfonamides is 1. The Morgan fingerprint density at radius 2 is 2.16 bits per heavy atom. The van der Waals surface area contributed by atoms with Crippen LogP contribution in [-0.4, -0.2) is 56.3 Å². The first-order chi connectivity index (χ1) is 9.08. The molecule has 106 valence electrons. The third-order valence-corrected chi connectivity index (χ3v) is 4.86. The molecule has 19 heavy (non-hydrogen) atoms. The van der Waals surface area contributed by atoms with E-state index in [1.54, 1.807) is 18.3 Å². The summed E-state index contributed by atoms with van der Waals surface area (Å²) in [4.78, 5) is 3.86. The molecule has 2 rings (SSSR count). The Morgan fingerprint density at radius 1 is 1.42 bits per heavy atom. The van der Waals surface area contributed by atoms with Gasteiger partial charge in [-0.1, -0.05) is 11.6 Å². The number of nitrogens with one attached hydrogen (secondary N) is 1. The SMILES string of the molecule is O=S(=O)(CCNc1ccnc(Cl)c1)N1CCOCC1. The summed E-state index contributed by atoms with van der Waals surface area (Å²) in [6.45, 7) is 2.13. The van der Waals surface area contributed by atoms with E-state index in [0.29, 0.717) is 38.0 Å². The van der Waals surface area contributed by atoms with Crippen LogP contribution in [0.3, 0.4) is 0 Å². The molecule has 1 N–H and O–H groups in total. The van der Waals surface area contributed by atoms with Gasteiger partial charge in [-0.05, 0) is 12.1 Å². The minimum absolute atomic E-state index is 0.0486. The number of hydrogen-bond donors (Lipinski definition) is 1. The van der Waals surface area contributed by atoms with Gasteiger partial charge < -0.3 is 10.1 Å². The average Bonchev–Trinajstić information content (AvgIpc) is 2.40. The molecule has 0 saturated carbocycles. The predicted octanol–water partition coefficient (Wildman–Crippen LogP) is 0.809. The van der Waals surface area contributed by atoms with Crippen LogP contribution in [0.5, 0.6) is 0 Å². The van der Waals surface area contributed by atoms with Crippen LogP contribution in [0.15, 0.2) is 18.3 Å². The minimum atomic E-state index is -3.22. The molecule has 0 aromatic carbocycles. The van der Waals surface area contributed by atoms with Crippen LogP contribution in [0.4, 0.5) is 5.69 Å². The summed E-state index contributed by atoms with van der Waals surface area (Å²) in [5.41, 5.74) is 0.761. The second-order valence-corrected chi connectivity index (χ2v) is 6.60. The van der Waals surface area contributed by atoms with Crippen LogP contribution in [-0.2, 0) is 14.8 Å². The fraction of sp³-hybridized carbons (Fsp3) is 0.545. The molecule has 8 heteroatoms. The molecule has 6 nitrogen and oxygen atoms in total. The van der Waals surface area contributed by atoms with Crippen molar-refractivity contribution in [3.8, 4) is 0 Å². The van der Waals surface area contributed by atoms with E-state index in [1.165, 1.54) is 4.31 Å². The van der Waals surface area contributed by atoms with E-state index >= 15 is 0 Å². The van der Waals surface area contributed by atoms with Crippen molar-refractivity contribution in [2.24, 2.45) is 0 Å². The minimum Gasteiger partial charge on any atom is -0.384 e. The van der Waals surface area contributed by atoms with Crippen LogP contribution < -0.4 is 5.32 Å². The Morgan fingerprint density at radius 3 is 2.84 bits per heavy atom. The third kappa shape index (κ3) is 4.31. The molecule has 0 radical (unpaired) electrons. The van der Waals surface area contributed by atoms with Gasteiger partial charge in [-0.15, -0.1) is 0 Å². The van der Waals surface area contributed by atoms with Crippen molar-refractivity contribution in [3.05, 3.63) is 23.5 Å². The van der Waals surface area contributed by atoms with Crippen molar-refractivity contribution < 1.29 is 13.2 Å². The summed E-state index contributed by atoms with van der Waals surface area (Å²) in [5.74, 6) is 0.0486. The highest BCUT2D eigenvalue weighted by molar-refractivity contribution is 7.89. The lowest BCUT2D eigenvalue weighted by Crippen LogP contribution is -2.42. The quantitative estimate of drug-likeness (QED) is 0.815. The van der Waals surface area contributed by atoms with E-state index in [4.69, 9.17) is 16.3 Å². The van der Waals surface area contributed by atoms with Gasteiger partial charge in [0.15, 0.2) is 0 Å². The molecule has 0 bridgehead atoms. The van der Waals surface area contributed by atoms with Gasteiger partial charge in [0.05, 0.1) is 19.0 Å². The van der Waals surface area contributed by atoms with E-state index < -0.39 is 10.0 Å². The maximum atomic E-state index is 12.0. The number of hydrogen-bond acceptors (Lipinski definition) is 5. The van der Waals surface area contributed by atoms with E-state index in [2.05, 4.69) is 10.3 Å². The van der Waals surface area contributed by atoms with Crippen LogP contribution in [0.1, 0.15) is 0 Å². The smallest absolute Gasteiger partial charge is 0.215 e. The number of rotatable bonds is 5. The van der Waals surface area contributed by atoms with Gasteiger partial charge in [-0.25, -0.2) is 13.4 Å². The van der Waals surface area contributed by atoms with Crippen molar-refractivity contribution in [3.63, 3.8) is 0 Å². The molecule has 1 saturated heterocycles. The Kier molecular flexibility index (Phi) is 4.98. The summed E-state index contributed by atoms with van der Waals surface area (Å²) in [5, 5.41) is 3.40. The van der Waals surface area contributed by atoms with Crippen LogP contribution in [0.2, 0.25) is 5.15 Å². The summed E-state index contributed by atoms with van der Waals surface area (Å²) in [6, 6.07) is 3.40. The van der Waals surface area contributed by atoms with Gasteiger partial charge in [0.2, 0.25) is 10.0 Å². The summed E-state index contributed by atoms with van der Waals surface area (Å²) < 4.78 is 30.7. The van der Waals surface area contributed by atoms with Crippen LogP contribution >= 0.6 is 11.6 Å². The Hall–Kier alpha value is -0.890. The molecule has 2 heterocycles. The summed E-state index contributed by atoms with van der Waals surface area (Å²) in [6.07, 6.45) is 1.57. The van der Waals surface area contributed by atoms with Gasteiger partial charge >= 0.3 is 0 Å². The molecular formula is C11H16ClN3O3S. The number of halogens is 1. The van der Waals surface area contributed by atoms with Crippen molar-refractivity contribution >= 4 is 27.3 Å². The average molecular weight is 306 g/mol. The van der Waals surface area contributed by atoms with Crippen molar-refractivity contribution in [1.29, 1.82) is 0 Å². The Labute approximate surface area is 117 Å². The molecule has 1 fully saturated rings. The van der Waals surface area contributed by atoms with Crippen LogP contribution in [0.25, 0.3) is 0 Å². The number of pyridine rings is 1. The fourth-order valence-corrected chi connectivity index (χ4v) is 3.29. The molecule has 0 aliphatic carbocycles. The number of ether oxygens (including phenoxy) is 1. The highest BCUT2D eigenvalue weighted by atomic mass is 35.5. The van der Waals surface area contributed by atoms with Gasteiger partial charge in [0.25, 0.3) is 0 Å². The highest BCUT2D eigenvalue weighted by Crippen LogP contribution is 2.12. The molecule has 0 amide bonds. The lowest BCUT2D eigenvalue weighted by Gasteiger charge is -2.26. The highest BCUT2D eigenvalue weighted by Gasteiger charge is 2.23. The lowest BCUT2D eigenvalue weighted by molar-refractivity contribution is 0.0731. The van der Waals surface area contributed by atoms with Gasteiger partial charge in [0.1, 0.15) is 5.15 Å². The molecule has 0 spiro atoms.